The van der Waals surface area contributed by atoms with E-state index in [1.807, 2.05) is 0 Å². The zero-order chi connectivity index (χ0) is 10.4. The fraction of sp³-hybridized carbons (Fsp3) is 0.429. The minimum absolute atomic E-state index is 0.736. The van der Waals surface area contributed by atoms with Gasteiger partial charge in [-0.3, -0.25) is 0 Å². The Morgan fingerprint density at radius 2 is 2.07 bits per heavy atom. The third-order valence-corrected chi connectivity index (χ3v) is 2.14. The summed E-state index contributed by atoms with van der Waals surface area (Å²) in [4.78, 5) is 0. The van der Waals surface area contributed by atoms with Crippen molar-refractivity contribution < 1.29 is 0 Å². The summed E-state index contributed by atoms with van der Waals surface area (Å²) in [6.07, 6.45) is 6.68. The first-order valence-electron chi connectivity index (χ1n) is 5.48. The van der Waals surface area contributed by atoms with E-state index in [1.54, 1.807) is 0 Å². The average Bonchev–Trinajstić information content (AvgIpc) is 2.14. The van der Waals surface area contributed by atoms with Crippen molar-refractivity contribution in [1.82, 2.24) is 0 Å². The van der Waals surface area contributed by atoms with Crippen LogP contribution in [-0.2, 0) is 6.42 Å². The number of allylic oxidation sites excluding steroid dienone is 1. The molecule has 0 heterocycles. The van der Waals surface area contributed by atoms with Gasteiger partial charge >= 0.3 is 0 Å². The van der Waals surface area contributed by atoms with Gasteiger partial charge in [-0.15, -0.1) is 0 Å². The molecule has 0 bridgehead atoms. The minimum atomic E-state index is 0.736. The van der Waals surface area contributed by atoms with Crippen molar-refractivity contribution in [2.75, 3.05) is 0 Å². The molecule has 0 saturated heterocycles. The molecule has 1 aromatic rings. The Morgan fingerprint density at radius 3 is 2.71 bits per heavy atom. The van der Waals surface area contributed by atoms with Crippen molar-refractivity contribution in [3.05, 3.63) is 41.5 Å². The lowest BCUT2D eigenvalue weighted by Gasteiger charge is -2.05. The SMILES string of the molecule is CC/C=C\c1cccc(CC(C)C)c1. The van der Waals surface area contributed by atoms with E-state index in [4.69, 9.17) is 0 Å². The van der Waals surface area contributed by atoms with E-state index >= 15 is 0 Å². The standard InChI is InChI=1S/C14H20/c1-4-5-7-13-8-6-9-14(11-13)10-12(2)3/h5-9,11-12H,4,10H2,1-3H3/b7-5-. The maximum atomic E-state index is 2.28. The van der Waals surface area contributed by atoms with Crippen LogP contribution in [0.2, 0.25) is 0 Å². The third kappa shape index (κ3) is 3.78. The van der Waals surface area contributed by atoms with Crippen LogP contribution in [-0.4, -0.2) is 0 Å². The molecule has 0 radical (unpaired) electrons. The predicted octanol–water partition coefficient (Wildman–Crippen LogP) is 4.31. The van der Waals surface area contributed by atoms with Gasteiger partial charge in [0.1, 0.15) is 0 Å². The first-order valence-corrected chi connectivity index (χ1v) is 5.48. The van der Waals surface area contributed by atoms with E-state index in [9.17, 15) is 0 Å². The molecule has 0 heteroatoms. The fourth-order valence-electron chi connectivity index (χ4n) is 1.55. The Morgan fingerprint density at radius 1 is 1.29 bits per heavy atom. The zero-order valence-corrected chi connectivity index (χ0v) is 9.46. The molecule has 0 atom stereocenters. The van der Waals surface area contributed by atoms with Crippen molar-refractivity contribution in [3.8, 4) is 0 Å². The summed E-state index contributed by atoms with van der Waals surface area (Å²) < 4.78 is 0. The molecule has 0 saturated carbocycles. The van der Waals surface area contributed by atoms with Gasteiger partial charge in [0, 0.05) is 0 Å². The van der Waals surface area contributed by atoms with Gasteiger partial charge < -0.3 is 0 Å². The molecule has 0 unspecified atom stereocenters. The molecule has 0 aliphatic heterocycles. The second kappa shape index (κ2) is 5.64. The monoisotopic (exact) mass is 188 g/mol. The van der Waals surface area contributed by atoms with Gasteiger partial charge in [0.25, 0.3) is 0 Å². The van der Waals surface area contributed by atoms with Crippen LogP contribution in [0.25, 0.3) is 6.08 Å². The highest BCUT2D eigenvalue weighted by Crippen LogP contribution is 2.11. The van der Waals surface area contributed by atoms with Crippen LogP contribution in [0.1, 0.15) is 38.3 Å². The number of rotatable bonds is 4. The third-order valence-electron chi connectivity index (χ3n) is 2.14. The van der Waals surface area contributed by atoms with Gasteiger partial charge in [-0.2, -0.15) is 0 Å². The van der Waals surface area contributed by atoms with Gasteiger partial charge in [0.05, 0.1) is 0 Å². The van der Waals surface area contributed by atoms with Crippen LogP contribution < -0.4 is 0 Å². The Hall–Kier alpha value is -1.04. The summed E-state index contributed by atoms with van der Waals surface area (Å²) in [5.41, 5.74) is 2.77. The van der Waals surface area contributed by atoms with Crippen LogP contribution in [0, 0.1) is 5.92 Å². The smallest absolute Gasteiger partial charge is 0.0255 e. The second-order valence-electron chi connectivity index (χ2n) is 4.15. The molecule has 0 spiro atoms. The van der Waals surface area contributed by atoms with Gasteiger partial charge in [-0.1, -0.05) is 57.2 Å². The molecule has 0 amide bonds. The first kappa shape index (κ1) is 11.0. The van der Waals surface area contributed by atoms with Crippen LogP contribution >= 0.6 is 0 Å². The van der Waals surface area contributed by atoms with Crippen molar-refractivity contribution in [2.24, 2.45) is 5.92 Å². The van der Waals surface area contributed by atoms with E-state index in [-0.39, 0.29) is 0 Å². The lowest BCUT2D eigenvalue weighted by molar-refractivity contribution is 0.647. The number of hydrogen-bond donors (Lipinski definition) is 0. The van der Waals surface area contributed by atoms with E-state index in [0.29, 0.717) is 0 Å². The summed E-state index contributed by atoms with van der Waals surface area (Å²) in [5, 5.41) is 0. The van der Waals surface area contributed by atoms with Gasteiger partial charge in [0.15, 0.2) is 0 Å². The first-order chi connectivity index (χ1) is 6.72. The molecule has 1 rings (SSSR count). The summed E-state index contributed by atoms with van der Waals surface area (Å²) in [6, 6.07) is 8.80. The molecule has 0 aliphatic carbocycles. The molecule has 14 heavy (non-hydrogen) atoms. The van der Waals surface area contributed by atoms with Crippen molar-refractivity contribution in [3.63, 3.8) is 0 Å². The molecule has 76 valence electrons. The highest BCUT2D eigenvalue weighted by Gasteiger charge is 1.97. The summed E-state index contributed by atoms with van der Waals surface area (Å²) >= 11 is 0. The van der Waals surface area contributed by atoms with Crippen LogP contribution in [0.5, 0.6) is 0 Å². The van der Waals surface area contributed by atoms with Crippen LogP contribution in [0.3, 0.4) is 0 Å². The maximum absolute atomic E-state index is 2.28. The molecular weight excluding hydrogens is 168 g/mol. The average molecular weight is 188 g/mol. The molecule has 0 nitrogen and oxygen atoms in total. The summed E-state index contributed by atoms with van der Waals surface area (Å²) in [6.45, 7) is 6.68. The Labute approximate surface area is 87.7 Å². The topological polar surface area (TPSA) is 0 Å². The van der Waals surface area contributed by atoms with E-state index in [0.717, 1.165) is 12.3 Å². The van der Waals surface area contributed by atoms with Crippen LogP contribution in [0.4, 0.5) is 0 Å². The lowest BCUT2D eigenvalue weighted by Crippen LogP contribution is -1.93. The van der Waals surface area contributed by atoms with Crippen molar-refractivity contribution >= 4 is 6.08 Å². The normalized spacial score (nSPS) is 11.4. The number of benzene rings is 1. The summed E-state index contributed by atoms with van der Waals surface area (Å²) in [7, 11) is 0. The van der Waals surface area contributed by atoms with Crippen LogP contribution in [0.15, 0.2) is 30.3 Å². The molecular formula is C14H20. The fourth-order valence-corrected chi connectivity index (χ4v) is 1.55. The zero-order valence-electron chi connectivity index (χ0n) is 9.46. The van der Waals surface area contributed by atoms with E-state index < -0.39 is 0 Å². The minimum Gasteiger partial charge on any atom is -0.0842 e. The molecule has 0 fully saturated rings. The highest BCUT2D eigenvalue weighted by molar-refractivity contribution is 5.50. The van der Waals surface area contributed by atoms with E-state index in [2.05, 4.69) is 57.2 Å². The lowest BCUT2D eigenvalue weighted by atomic mass is 10.0. The largest absolute Gasteiger partial charge is 0.0842 e. The number of hydrogen-bond acceptors (Lipinski definition) is 0. The van der Waals surface area contributed by atoms with Gasteiger partial charge in [-0.05, 0) is 29.9 Å². The van der Waals surface area contributed by atoms with Gasteiger partial charge in [0.2, 0.25) is 0 Å². The predicted molar refractivity (Wildman–Crippen MR) is 64.3 cm³/mol. The summed E-state index contributed by atoms with van der Waals surface area (Å²) in [5.74, 6) is 0.736. The van der Waals surface area contributed by atoms with E-state index in [1.165, 1.54) is 17.5 Å². The van der Waals surface area contributed by atoms with Crippen molar-refractivity contribution in [1.29, 1.82) is 0 Å². The highest BCUT2D eigenvalue weighted by atomic mass is 14.0. The van der Waals surface area contributed by atoms with Gasteiger partial charge in [-0.25, -0.2) is 0 Å². The Balaban J connectivity index is 2.73. The Bertz CT molecular complexity index is 295. The quantitative estimate of drug-likeness (QED) is 0.660. The second-order valence-corrected chi connectivity index (χ2v) is 4.15. The molecule has 1 aromatic carbocycles. The maximum Gasteiger partial charge on any atom is -0.0255 e. The molecule has 0 aromatic heterocycles. The molecule has 0 N–H and O–H groups in total. The Kier molecular flexibility index (Phi) is 4.45. The van der Waals surface area contributed by atoms with Crippen molar-refractivity contribution in [2.45, 2.75) is 33.6 Å². The molecule has 0 aliphatic rings.